The van der Waals surface area contributed by atoms with Gasteiger partial charge in [-0.1, -0.05) is 6.92 Å². The Morgan fingerprint density at radius 3 is 2.94 bits per heavy atom. The van der Waals surface area contributed by atoms with E-state index in [1.807, 2.05) is 12.4 Å². The average Bonchev–Trinajstić information content (AvgIpc) is 2.73. The zero-order valence-corrected chi connectivity index (χ0v) is 9.59. The third kappa shape index (κ3) is 1.53. The summed E-state index contributed by atoms with van der Waals surface area (Å²) in [6.45, 7) is 3.08. The lowest BCUT2D eigenvalue weighted by molar-refractivity contribution is 0.476. The lowest BCUT2D eigenvalue weighted by Crippen LogP contribution is -1.95. The van der Waals surface area contributed by atoms with Crippen LogP contribution in [-0.2, 0) is 6.54 Å². The van der Waals surface area contributed by atoms with Crippen LogP contribution < -0.4 is 0 Å². The van der Waals surface area contributed by atoms with Gasteiger partial charge in [-0.2, -0.15) is 0 Å². The van der Waals surface area contributed by atoms with Crippen LogP contribution in [-0.4, -0.2) is 19.6 Å². The Bertz CT molecular complexity index is 688. The van der Waals surface area contributed by atoms with Crippen LogP contribution in [0, 0.1) is 0 Å². The molecule has 3 aromatic rings. The number of rotatable bonds is 2. The van der Waals surface area contributed by atoms with Crippen LogP contribution >= 0.6 is 0 Å². The van der Waals surface area contributed by atoms with Crippen molar-refractivity contribution in [3.8, 4) is 5.75 Å². The summed E-state index contributed by atoms with van der Waals surface area (Å²) >= 11 is 0. The second kappa shape index (κ2) is 3.73. The molecule has 0 fully saturated rings. The van der Waals surface area contributed by atoms with Crippen LogP contribution in [0.15, 0.2) is 30.7 Å². The smallest absolute Gasteiger partial charge is 0.117 e. The fraction of sp³-hybridized carbons (Fsp3) is 0.231. The molecule has 0 spiro atoms. The number of pyridine rings is 1. The van der Waals surface area contributed by atoms with Gasteiger partial charge in [-0.05, 0) is 18.6 Å². The molecule has 0 unspecified atom stereocenters. The third-order valence-electron chi connectivity index (χ3n) is 2.89. The fourth-order valence-electron chi connectivity index (χ4n) is 2.15. The molecule has 2 heterocycles. The Morgan fingerprint density at radius 2 is 2.12 bits per heavy atom. The number of benzene rings is 1. The highest BCUT2D eigenvalue weighted by Crippen LogP contribution is 2.25. The van der Waals surface area contributed by atoms with E-state index in [1.165, 1.54) is 0 Å². The van der Waals surface area contributed by atoms with Crippen LogP contribution in [0.4, 0.5) is 0 Å². The average molecular weight is 227 g/mol. The molecule has 0 amide bonds. The first-order valence-electron chi connectivity index (χ1n) is 5.72. The number of aryl methyl sites for hydroxylation is 1. The number of phenols is 1. The Hall–Kier alpha value is -2.10. The third-order valence-corrected chi connectivity index (χ3v) is 2.89. The number of nitrogens with zero attached hydrogens (tertiary/aromatic N) is 3. The van der Waals surface area contributed by atoms with Crippen molar-refractivity contribution in [3.05, 3.63) is 30.7 Å². The molecule has 0 aliphatic carbocycles. The van der Waals surface area contributed by atoms with Gasteiger partial charge in [-0.15, -0.1) is 0 Å². The summed E-state index contributed by atoms with van der Waals surface area (Å²) in [7, 11) is 0. The van der Waals surface area contributed by atoms with E-state index in [9.17, 15) is 5.11 Å². The van der Waals surface area contributed by atoms with Crippen molar-refractivity contribution < 1.29 is 5.11 Å². The van der Waals surface area contributed by atoms with Crippen LogP contribution in [0.3, 0.4) is 0 Å². The van der Waals surface area contributed by atoms with Gasteiger partial charge in [0.15, 0.2) is 0 Å². The van der Waals surface area contributed by atoms with E-state index >= 15 is 0 Å². The minimum absolute atomic E-state index is 0.242. The Balaban J connectivity index is 2.40. The van der Waals surface area contributed by atoms with Crippen molar-refractivity contribution in [1.29, 1.82) is 0 Å². The van der Waals surface area contributed by atoms with E-state index in [-0.39, 0.29) is 5.75 Å². The number of aromatic hydroxyl groups is 1. The molecule has 0 atom stereocenters. The minimum atomic E-state index is 0.242. The largest absolute Gasteiger partial charge is 0.508 e. The van der Waals surface area contributed by atoms with E-state index < -0.39 is 0 Å². The zero-order chi connectivity index (χ0) is 11.8. The highest BCUT2D eigenvalue weighted by atomic mass is 16.3. The van der Waals surface area contributed by atoms with E-state index in [4.69, 9.17) is 0 Å². The fourth-order valence-corrected chi connectivity index (χ4v) is 2.15. The summed E-state index contributed by atoms with van der Waals surface area (Å²) in [6, 6.07) is 5.26. The van der Waals surface area contributed by atoms with Crippen molar-refractivity contribution in [2.45, 2.75) is 19.9 Å². The van der Waals surface area contributed by atoms with E-state index in [1.54, 1.807) is 18.3 Å². The number of aromatic nitrogens is 3. The molecule has 86 valence electrons. The molecular formula is C13H13N3O. The van der Waals surface area contributed by atoms with Crippen LogP contribution in [0.2, 0.25) is 0 Å². The molecule has 4 nitrogen and oxygen atoms in total. The summed E-state index contributed by atoms with van der Waals surface area (Å²) in [5.74, 6) is 0.242. The lowest BCUT2D eigenvalue weighted by Gasteiger charge is -2.04. The van der Waals surface area contributed by atoms with Gasteiger partial charge in [0.2, 0.25) is 0 Å². The van der Waals surface area contributed by atoms with Crippen molar-refractivity contribution >= 4 is 21.9 Å². The molecule has 0 saturated carbocycles. The number of fused-ring (bicyclic) bond motifs is 3. The Labute approximate surface area is 98.5 Å². The summed E-state index contributed by atoms with van der Waals surface area (Å²) in [4.78, 5) is 8.66. The minimum Gasteiger partial charge on any atom is -0.508 e. The quantitative estimate of drug-likeness (QED) is 0.732. The first-order chi connectivity index (χ1) is 8.29. The number of hydrogen-bond acceptors (Lipinski definition) is 3. The van der Waals surface area contributed by atoms with Gasteiger partial charge in [0.05, 0.1) is 23.6 Å². The Kier molecular flexibility index (Phi) is 2.21. The molecule has 4 heteroatoms. The highest BCUT2D eigenvalue weighted by Gasteiger charge is 2.08. The van der Waals surface area contributed by atoms with Crippen molar-refractivity contribution in [2.75, 3.05) is 0 Å². The van der Waals surface area contributed by atoms with Gasteiger partial charge in [0.25, 0.3) is 0 Å². The molecule has 0 radical (unpaired) electrons. The summed E-state index contributed by atoms with van der Waals surface area (Å²) in [6.07, 6.45) is 4.67. The molecule has 0 aliphatic heterocycles. The highest BCUT2D eigenvalue weighted by molar-refractivity contribution is 6.02. The normalized spacial score (nSPS) is 11.4. The van der Waals surface area contributed by atoms with Gasteiger partial charge in [0.1, 0.15) is 11.3 Å². The van der Waals surface area contributed by atoms with Crippen LogP contribution in [0.5, 0.6) is 5.75 Å². The first kappa shape index (κ1) is 10.1. The topological polar surface area (TPSA) is 50.9 Å². The van der Waals surface area contributed by atoms with E-state index in [0.29, 0.717) is 0 Å². The molecule has 1 aromatic carbocycles. The molecular weight excluding hydrogens is 214 g/mol. The van der Waals surface area contributed by atoms with Gasteiger partial charge in [-0.25, -0.2) is 4.98 Å². The molecule has 0 aliphatic rings. The molecule has 0 saturated heterocycles. The summed E-state index contributed by atoms with van der Waals surface area (Å²) in [5, 5.41) is 10.5. The maximum absolute atomic E-state index is 9.46. The number of imidazole rings is 1. The number of phenolic OH excluding ortho intramolecular Hbond substituents is 1. The van der Waals surface area contributed by atoms with Crippen molar-refractivity contribution in [3.63, 3.8) is 0 Å². The first-order valence-corrected chi connectivity index (χ1v) is 5.72. The monoisotopic (exact) mass is 227 g/mol. The second-order valence-electron chi connectivity index (χ2n) is 4.13. The number of hydrogen-bond donors (Lipinski definition) is 1. The summed E-state index contributed by atoms with van der Waals surface area (Å²) in [5.41, 5.74) is 2.80. The standard InChI is InChI=1S/C13H13N3O/c1-2-5-16-8-15-12-7-14-11-6-9(17)3-4-10(11)13(12)16/h3-4,6-8,17H,2,5H2,1H3. The molecule has 2 aromatic heterocycles. The zero-order valence-electron chi connectivity index (χ0n) is 9.59. The molecule has 3 rings (SSSR count). The molecule has 0 bridgehead atoms. The second-order valence-corrected chi connectivity index (χ2v) is 4.13. The summed E-state index contributed by atoms with van der Waals surface area (Å²) < 4.78 is 2.14. The predicted octanol–water partition coefficient (Wildman–Crippen LogP) is 2.70. The van der Waals surface area contributed by atoms with Crippen molar-refractivity contribution in [1.82, 2.24) is 14.5 Å². The van der Waals surface area contributed by atoms with Gasteiger partial charge < -0.3 is 9.67 Å². The maximum atomic E-state index is 9.46. The SMILES string of the molecule is CCCn1cnc2cnc3cc(O)ccc3c21. The van der Waals surface area contributed by atoms with Crippen LogP contribution in [0.25, 0.3) is 21.9 Å². The Morgan fingerprint density at radius 1 is 1.24 bits per heavy atom. The van der Waals surface area contributed by atoms with Gasteiger partial charge >= 0.3 is 0 Å². The van der Waals surface area contributed by atoms with Crippen molar-refractivity contribution in [2.24, 2.45) is 0 Å². The van der Waals surface area contributed by atoms with E-state index in [2.05, 4.69) is 21.5 Å². The molecule has 17 heavy (non-hydrogen) atoms. The lowest BCUT2D eigenvalue weighted by atomic mass is 10.2. The van der Waals surface area contributed by atoms with E-state index in [0.717, 1.165) is 34.9 Å². The van der Waals surface area contributed by atoms with Crippen LogP contribution in [0.1, 0.15) is 13.3 Å². The maximum Gasteiger partial charge on any atom is 0.117 e. The van der Waals surface area contributed by atoms with Gasteiger partial charge in [-0.3, -0.25) is 4.98 Å². The van der Waals surface area contributed by atoms with Gasteiger partial charge in [0, 0.05) is 18.0 Å². The predicted molar refractivity (Wildman–Crippen MR) is 67.0 cm³/mol. The molecule has 1 N–H and O–H groups in total.